The normalized spacial score (nSPS) is 16.5. The zero-order valence-corrected chi connectivity index (χ0v) is 41.2. The molecule has 0 aliphatic heterocycles. The predicted molar refractivity (Wildman–Crippen MR) is 248 cm³/mol. The average Bonchev–Trinajstić information content (AvgIpc) is 3.11. The van der Waals surface area contributed by atoms with Gasteiger partial charge in [-0.25, -0.2) is 0 Å². The minimum absolute atomic E-state index is 0.0463. The van der Waals surface area contributed by atoms with E-state index in [4.69, 9.17) is 26.4 Å². The first-order chi connectivity index (χ1) is 25.9. The molecular formula is C45H78BNO7S3. The monoisotopic (exact) mass is 852 g/mol. The second-order valence-corrected chi connectivity index (χ2v) is 23.5. The fourth-order valence-corrected chi connectivity index (χ4v) is 10.4. The number of methoxy groups -OCH3 is 1. The van der Waals surface area contributed by atoms with Crippen molar-refractivity contribution in [2.45, 2.75) is 151 Å². The molecule has 0 heterocycles. The van der Waals surface area contributed by atoms with Gasteiger partial charge in [0.05, 0.1) is 35.7 Å². The van der Waals surface area contributed by atoms with Crippen molar-refractivity contribution in [1.82, 2.24) is 5.23 Å². The highest BCUT2D eigenvalue weighted by atomic mass is 32.2. The smallest absolute Gasteiger partial charge is 0.312 e. The molecule has 0 aliphatic carbocycles. The molecule has 0 bridgehead atoms. The van der Waals surface area contributed by atoms with E-state index in [1.807, 2.05) is 74.6 Å². The first kappa shape index (κ1) is 53.4. The fraction of sp³-hybridized carbons (Fsp3) is 0.778. The van der Waals surface area contributed by atoms with Gasteiger partial charge in [-0.3, -0.25) is 14.4 Å². The van der Waals surface area contributed by atoms with Gasteiger partial charge in [0.25, 0.3) is 0 Å². The fourth-order valence-electron chi connectivity index (χ4n) is 7.86. The summed E-state index contributed by atoms with van der Waals surface area (Å²) in [5.74, 6) is -2.69. The molecule has 1 rings (SSSR count). The van der Waals surface area contributed by atoms with Crippen LogP contribution in [0.3, 0.4) is 0 Å². The van der Waals surface area contributed by atoms with E-state index in [1.165, 1.54) is 5.56 Å². The molecule has 0 radical (unpaired) electrons. The number of thiocarbonyl (C=S) groups is 1. The van der Waals surface area contributed by atoms with Crippen LogP contribution in [-0.2, 0) is 28.6 Å². The van der Waals surface area contributed by atoms with Crippen LogP contribution < -0.4 is 5.23 Å². The Labute approximate surface area is 362 Å². The number of amides is 1. The third-order valence-electron chi connectivity index (χ3n) is 13.5. The summed E-state index contributed by atoms with van der Waals surface area (Å²) in [6.45, 7) is 31.3. The molecule has 1 amide bonds. The highest BCUT2D eigenvalue weighted by molar-refractivity contribution is 8.47. The third-order valence-corrected chi connectivity index (χ3v) is 16.3. The van der Waals surface area contributed by atoms with Gasteiger partial charge in [0.1, 0.15) is 3.53 Å². The molecule has 8 nitrogen and oxygen atoms in total. The molecule has 6 atom stereocenters. The maximum atomic E-state index is 13.9. The number of carbonyl (C=O) groups is 3. The minimum atomic E-state index is -0.984. The van der Waals surface area contributed by atoms with Crippen LogP contribution in [0, 0.1) is 45.8 Å². The van der Waals surface area contributed by atoms with E-state index in [1.54, 1.807) is 38.6 Å². The lowest BCUT2D eigenvalue weighted by Crippen LogP contribution is -2.46. The number of esters is 1. The Balaban J connectivity index is 3.31. The van der Waals surface area contributed by atoms with Crippen LogP contribution >= 0.6 is 35.7 Å². The molecule has 0 saturated carbocycles. The van der Waals surface area contributed by atoms with E-state index in [-0.39, 0.29) is 64.8 Å². The van der Waals surface area contributed by atoms with Gasteiger partial charge in [-0.2, -0.15) is 0 Å². The quantitative estimate of drug-likeness (QED) is 0.0593. The summed E-state index contributed by atoms with van der Waals surface area (Å²) in [4.78, 5) is 40.7. The Kier molecular flexibility index (Phi) is 20.4. The number of carbonyl (C=O) groups excluding carboxylic acids is 2. The van der Waals surface area contributed by atoms with Crippen LogP contribution in [0.2, 0.25) is 0 Å². The summed E-state index contributed by atoms with van der Waals surface area (Å²) in [6, 6.07) is 10.5. The first-order valence-electron chi connectivity index (χ1n) is 20.6. The number of carboxylic acids is 1. The molecule has 0 fully saturated rings. The van der Waals surface area contributed by atoms with E-state index >= 15 is 0 Å². The molecule has 0 spiro atoms. The maximum absolute atomic E-state index is 13.9. The Hall–Kier alpha value is -1.60. The second-order valence-electron chi connectivity index (χ2n) is 19.8. The lowest BCUT2D eigenvalue weighted by Gasteiger charge is -2.46. The lowest BCUT2D eigenvalue weighted by molar-refractivity contribution is -0.166. The number of rotatable bonds is 24. The summed E-state index contributed by atoms with van der Waals surface area (Å²) >= 11 is 8.98. The van der Waals surface area contributed by atoms with Crippen LogP contribution in [0.25, 0.3) is 0 Å². The van der Waals surface area contributed by atoms with Gasteiger partial charge in [0, 0.05) is 30.1 Å². The molecule has 326 valence electrons. The highest BCUT2D eigenvalue weighted by Gasteiger charge is 2.50. The first-order valence-corrected chi connectivity index (χ1v) is 23.0. The Morgan fingerprint density at radius 2 is 1.37 bits per heavy atom. The van der Waals surface area contributed by atoms with E-state index in [0.717, 1.165) is 9.95 Å². The van der Waals surface area contributed by atoms with Crippen molar-refractivity contribution >= 4 is 65.1 Å². The van der Waals surface area contributed by atoms with Crippen molar-refractivity contribution in [2.75, 3.05) is 26.6 Å². The average molecular weight is 852 g/mol. The number of ether oxygens (including phenoxy) is 3. The number of hydrogen-bond acceptors (Lipinski definition) is 9. The molecule has 2 N–H and O–H groups in total. The molecule has 1 aromatic rings. The molecule has 1 aromatic carbocycles. The third kappa shape index (κ3) is 15.4. The van der Waals surface area contributed by atoms with E-state index in [9.17, 15) is 19.5 Å². The van der Waals surface area contributed by atoms with Crippen molar-refractivity contribution in [3.63, 3.8) is 0 Å². The molecule has 0 saturated heterocycles. The largest absolute Gasteiger partial charge is 0.481 e. The van der Waals surface area contributed by atoms with Gasteiger partial charge in [0.15, 0.2) is 0 Å². The van der Waals surface area contributed by atoms with Crippen molar-refractivity contribution in [3.05, 3.63) is 35.9 Å². The van der Waals surface area contributed by atoms with E-state index < -0.39 is 33.7 Å². The van der Waals surface area contributed by atoms with Crippen molar-refractivity contribution in [1.29, 1.82) is 0 Å². The number of nitrogens with one attached hydrogen (secondary N) is 1. The molecule has 12 heteroatoms. The summed E-state index contributed by atoms with van der Waals surface area (Å²) in [7, 11) is 3.36. The number of thioether (sulfide) groups is 2. The summed E-state index contributed by atoms with van der Waals surface area (Å²) in [5, 5.41) is 13.7. The second kappa shape index (κ2) is 21.8. The van der Waals surface area contributed by atoms with Gasteiger partial charge in [-0.15, -0.1) is 23.5 Å². The Morgan fingerprint density at radius 1 is 0.825 bits per heavy atom. The molecular weight excluding hydrogens is 774 g/mol. The zero-order chi connectivity index (χ0) is 44.4. The minimum Gasteiger partial charge on any atom is -0.481 e. The Bertz CT molecular complexity index is 1460. The predicted octanol–water partition coefficient (Wildman–Crippen LogP) is 10.2. The van der Waals surface area contributed by atoms with Crippen molar-refractivity contribution in [2.24, 2.45) is 45.8 Å². The topological polar surface area (TPSA) is 111 Å². The SMILES string of the molecule is BNC(=O)C(CC(C)(C)C(C)C(CC(C)(C)C(C)(C)C(=O)OCCC(C)(C)OCCC(C)(C)OC)C(=O)O)C(C)C(C)C(c1ccccc1)C(C)(C)SC(=S)SC. The molecule has 0 aromatic heterocycles. The van der Waals surface area contributed by atoms with Gasteiger partial charge < -0.3 is 24.5 Å². The molecule has 57 heavy (non-hydrogen) atoms. The van der Waals surface area contributed by atoms with Crippen LogP contribution in [0.15, 0.2) is 30.3 Å². The van der Waals surface area contributed by atoms with Gasteiger partial charge >= 0.3 is 11.9 Å². The zero-order valence-electron chi connectivity index (χ0n) is 38.7. The summed E-state index contributed by atoms with van der Waals surface area (Å²) in [5.41, 5.74) is -1.85. The summed E-state index contributed by atoms with van der Waals surface area (Å²) < 4.78 is 18.1. The van der Waals surface area contributed by atoms with Crippen molar-refractivity contribution in [3.8, 4) is 0 Å². The van der Waals surface area contributed by atoms with E-state index in [0.29, 0.717) is 19.4 Å². The number of benzene rings is 1. The van der Waals surface area contributed by atoms with Gasteiger partial charge in [-0.1, -0.05) is 91.0 Å². The van der Waals surface area contributed by atoms with Gasteiger partial charge in [-0.05, 0) is 115 Å². The van der Waals surface area contributed by atoms with Crippen LogP contribution in [0.1, 0.15) is 141 Å². The van der Waals surface area contributed by atoms with Crippen LogP contribution in [0.5, 0.6) is 0 Å². The van der Waals surface area contributed by atoms with E-state index in [2.05, 4.69) is 71.0 Å². The number of hydrogen-bond donors (Lipinski definition) is 2. The molecule has 0 aliphatic rings. The maximum Gasteiger partial charge on any atom is 0.312 e. The van der Waals surface area contributed by atoms with Crippen LogP contribution in [-0.4, -0.2) is 77.0 Å². The van der Waals surface area contributed by atoms with Gasteiger partial charge in [0.2, 0.25) is 13.9 Å². The number of aliphatic carboxylic acids is 1. The standard InChI is InChI=1S/C45H78BNO7S3/c1-29(30(2)35(32-21-19-18-20-22-32)45(14,15)57-39(55)56-17)33(36(48)47-46)27-40(4,5)31(3)34(37(49)50)28-41(6,7)44(12,13)38(51)53-25-23-43(10,11)54-26-24-42(8,9)52-16/h18-22,29-31,33-35H,23-28,46H2,1-17H3,(H,47,48)(H,49,50). The lowest BCUT2D eigenvalue weighted by atomic mass is 9.58. The van der Waals surface area contributed by atoms with Crippen molar-refractivity contribution < 1.29 is 33.7 Å². The number of carboxylic acid groups (broad SMARTS) is 1. The molecule has 6 unspecified atom stereocenters. The van der Waals surface area contributed by atoms with Crippen LogP contribution in [0.4, 0.5) is 0 Å². The Morgan fingerprint density at radius 3 is 1.86 bits per heavy atom. The highest BCUT2D eigenvalue weighted by Crippen LogP contribution is 2.52. The summed E-state index contributed by atoms with van der Waals surface area (Å²) in [6.07, 6.45) is 4.01.